The van der Waals surface area contributed by atoms with Crippen molar-refractivity contribution in [3.05, 3.63) is 50.4 Å². The van der Waals surface area contributed by atoms with Crippen molar-refractivity contribution in [3.63, 3.8) is 0 Å². The lowest BCUT2D eigenvalue weighted by molar-refractivity contribution is -0.254. The molecule has 0 N–H and O–H groups in total. The Morgan fingerprint density at radius 1 is 1.38 bits per heavy atom. The Morgan fingerprint density at radius 2 is 2.14 bits per heavy atom. The summed E-state index contributed by atoms with van der Waals surface area (Å²) < 4.78 is 1.75. The van der Waals surface area contributed by atoms with Crippen LogP contribution in [0.1, 0.15) is 20.9 Å². The van der Waals surface area contributed by atoms with Gasteiger partial charge in [0.15, 0.2) is 0 Å². The molecule has 0 amide bonds. The quantitative estimate of drug-likeness (QED) is 0.736. The first-order chi connectivity index (χ1) is 9.95. The molecule has 0 aliphatic rings. The highest BCUT2D eigenvalue weighted by Crippen LogP contribution is 2.29. The van der Waals surface area contributed by atoms with Gasteiger partial charge in [0, 0.05) is 15.4 Å². The van der Waals surface area contributed by atoms with Crippen molar-refractivity contribution in [3.8, 4) is 0 Å². The van der Waals surface area contributed by atoms with E-state index in [4.69, 9.17) is 23.2 Å². The molecule has 3 aromatic rings. The largest absolute Gasteiger partial charge is 0.544 e. The van der Waals surface area contributed by atoms with Crippen LogP contribution in [0.4, 0.5) is 0 Å². The molecule has 0 aliphatic carbocycles. The molecule has 21 heavy (non-hydrogen) atoms. The van der Waals surface area contributed by atoms with E-state index < -0.39 is 5.97 Å². The second-order valence-corrected chi connectivity index (χ2v) is 6.47. The maximum Gasteiger partial charge on any atom is 0.122 e. The van der Waals surface area contributed by atoms with Crippen molar-refractivity contribution in [2.24, 2.45) is 0 Å². The van der Waals surface area contributed by atoms with Crippen LogP contribution in [-0.2, 0) is 6.54 Å². The lowest BCUT2D eigenvalue weighted by Crippen LogP contribution is -2.20. The van der Waals surface area contributed by atoms with Gasteiger partial charge in [0.1, 0.15) is 4.83 Å². The van der Waals surface area contributed by atoms with E-state index in [1.54, 1.807) is 22.9 Å². The first-order valence-electron chi connectivity index (χ1n) is 6.08. The van der Waals surface area contributed by atoms with E-state index in [2.05, 4.69) is 5.10 Å². The number of halogens is 2. The monoisotopic (exact) mass is 339 g/mol. The Kier molecular flexibility index (Phi) is 3.65. The third-order valence-corrected chi connectivity index (χ3v) is 4.86. The molecule has 1 aromatic carbocycles. The number of fused-ring (bicyclic) bond motifs is 1. The molecule has 0 radical (unpaired) electrons. The van der Waals surface area contributed by atoms with Crippen molar-refractivity contribution in [1.29, 1.82) is 0 Å². The molecule has 2 heterocycles. The highest BCUT2D eigenvalue weighted by atomic mass is 35.5. The van der Waals surface area contributed by atoms with Crippen LogP contribution in [-0.4, -0.2) is 15.7 Å². The van der Waals surface area contributed by atoms with Crippen LogP contribution in [0.2, 0.25) is 10.0 Å². The lowest BCUT2D eigenvalue weighted by atomic mass is 10.2. The molecule has 0 aliphatic heterocycles. The molecule has 4 nitrogen and oxygen atoms in total. The zero-order chi connectivity index (χ0) is 15.1. The zero-order valence-corrected chi connectivity index (χ0v) is 13.2. The molecule has 0 spiro atoms. The Hall–Kier alpha value is -1.56. The van der Waals surface area contributed by atoms with Crippen LogP contribution in [0.25, 0.3) is 10.2 Å². The van der Waals surface area contributed by atoms with Gasteiger partial charge in [0.25, 0.3) is 0 Å². The Morgan fingerprint density at radius 3 is 2.81 bits per heavy atom. The van der Waals surface area contributed by atoms with Crippen LogP contribution < -0.4 is 5.11 Å². The number of carboxylic acids is 1. The van der Waals surface area contributed by atoms with E-state index in [-0.39, 0.29) is 4.88 Å². The second-order valence-electron chi connectivity index (χ2n) is 4.60. The molecule has 0 bridgehead atoms. The van der Waals surface area contributed by atoms with Crippen molar-refractivity contribution in [1.82, 2.24) is 9.78 Å². The Balaban J connectivity index is 2.06. The Bertz CT molecular complexity index is 854. The highest BCUT2D eigenvalue weighted by molar-refractivity contribution is 7.20. The smallest absolute Gasteiger partial charge is 0.122 e. The number of hydrogen-bond donors (Lipinski definition) is 0. The van der Waals surface area contributed by atoms with E-state index in [9.17, 15) is 9.90 Å². The fraction of sp³-hybridized carbons (Fsp3) is 0.143. The number of thiophene rings is 1. The SMILES string of the molecule is Cc1nn(Cc2ccc(Cl)cc2Cl)c2sc(C(=O)[O-])cc12. The predicted molar refractivity (Wildman–Crippen MR) is 82.2 cm³/mol. The number of carboxylic acid groups (broad SMARTS) is 1. The second kappa shape index (κ2) is 5.33. The zero-order valence-electron chi connectivity index (χ0n) is 10.9. The minimum absolute atomic E-state index is 0.196. The highest BCUT2D eigenvalue weighted by Gasteiger charge is 2.13. The predicted octanol–water partition coefficient (Wildman–Crippen LogP) is 3.12. The van der Waals surface area contributed by atoms with Crippen LogP contribution in [0.3, 0.4) is 0 Å². The number of carbonyl (C=O) groups excluding carboxylic acids is 1. The maximum atomic E-state index is 11.0. The van der Waals surface area contributed by atoms with E-state index in [0.29, 0.717) is 16.6 Å². The van der Waals surface area contributed by atoms with Gasteiger partial charge in [-0.25, -0.2) is 0 Å². The van der Waals surface area contributed by atoms with Crippen LogP contribution >= 0.6 is 34.5 Å². The van der Waals surface area contributed by atoms with Crippen LogP contribution in [0.5, 0.6) is 0 Å². The third-order valence-electron chi connectivity index (χ3n) is 3.14. The molecule has 7 heteroatoms. The summed E-state index contributed by atoms with van der Waals surface area (Å²) in [5.41, 5.74) is 1.65. The molecular weight excluding hydrogens is 331 g/mol. The average Bonchev–Trinajstić information content (AvgIpc) is 2.95. The van der Waals surface area contributed by atoms with Gasteiger partial charge < -0.3 is 9.90 Å². The van der Waals surface area contributed by atoms with Crippen LogP contribution in [0.15, 0.2) is 24.3 Å². The van der Waals surface area contributed by atoms with Crippen molar-refractivity contribution < 1.29 is 9.90 Å². The molecule has 0 unspecified atom stereocenters. The molecule has 0 atom stereocenters. The van der Waals surface area contributed by atoms with E-state index >= 15 is 0 Å². The molecule has 0 saturated carbocycles. The number of aromatic carboxylic acids is 1. The fourth-order valence-corrected chi connectivity index (χ4v) is 3.60. The van der Waals surface area contributed by atoms with Gasteiger partial charge >= 0.3 is 0 Å². The summed E-state index contributed by atoms with van der Waals surface area (Å²) in [6, 6.07) is 6.86. The number of rotatable bonds is 3. The average molecular weight is 340 g/mol. The van der Waals surface area contributed by atoms with E-state index in [0.717, 1.165) is 32.8 Å². The number of aromatic nitrogens is 2. The van der Waals surface area contributed by atoms with Gasteiger partial charge in [-0.2, -0.15) is 5.10 Å². The minimum Gasteiger partial charge on any atom is -0.544 e. The number of hydrogen-bond acceptors (Lipinski definition) is 4. The van der Waals surface area contributed by atoms with Crippen molar-refractivity contribution in [2.45, 2.75) is 13.5 Å². The topological polar surface area (TPSA) is 58.0 Å². The Labute approximate surface area is 134 Å². The van der Waals surface area contributed by atoms with Gasteiger partial charge in [0.2, 0.25) is 0 Å². The maximum absolute atomic E-state index is 11.0. The van der Waals surface area contributed by atoms with Gasteiger partial charge in [-0.3, -0.25) is 4.68 Å². The summed E-state index contributed by atoms with van der Waals surface area (Å²) in [5.74, 6) is -1.17. The molecule has 0 saturated heterocycles. The summed E-state index contributed by atoms with van der Waals surface area (Å²) >= 11 is 13.2. The van der Waals surface area contributed by atoms with Crippen LogP contribution in [0, 0.1) is 6.92 Å². The fourth-order valence-electron chi connectivity index (χ4n) is 2.13. The molecule has 3 rings (SSSR count). The number of aryl methyl sites for hydroxylation is 1. The van der Waals surface area contributed by atoms with Gasteiger partial charge in [-0.05, 0) is 30.7 Å². The summed E-state index contributed by atoms with van der Waals surface area (Å²) in [4.78, 5) is 12.0. The first-order valence-corrected chi connectivity index (χ1v) is 7.65. The van der Waals surface area contributed by atoms with Gasteiger partial charge in [-0.15, -0.1) is 11.3 Å². The van der Waals surface area contributed by atoms with Crippen molar-refractivity contribution >= 4 is 50.7 Å². The minimum atomic E-state index is -1.17. The summed E-state index contributed by atoms with van der Waals surface area (Å²) in [6.45, 7) is 2.29. The number of benzene rings is 1. The standard InChI is InChI=1S/C14H10Cl2N2O2S/c1-7-10-5-12(14(19)20)21-13(10)18(17-7)6-8-2-3-9(15)4-11(8)16/h2-5H,6H2,1H3,(H,19,20)/p-1. The lowest BCUT2D eigenvalue weighted by Gasteiger charge is -2.06. The summed E-state index contributed by atoms with van der Waals surface area (Å²) in [6.07, 6.45) is 0. The van der Waals surface area contributed by atoms with Gasteiger partial charge in [-0.1, -0.05) is 29.3 Å². The summed E-state index contributed by atoms with van der Waals surface area (Å²) in [7, 11) is 0. The van der Waals surface area contributed by atoms with E-state index in [1.807, 2.05) is 13.0 Å². The molecular formula is C14H9Cl2N2O2S-. The molecule has 2 aromatic heterocycles. The normalized spacial score (nSPS) is 11.2. The van der Waals surface area contributed by atoms with Crippen molar-refractivity contribution in [2.75, 3.05) is 0 Å². The third kappa shape index (κ3) is 2.64. The van der Waals surface area contributed by atoms with E-state index in [1.165, 1.54) is 0 Å². The number of carbonyl (C=O) groups is 1. The number of nitrogens with zero attached hydrogens (tertiary/aromatic N) is 2. The first kappa shape index (κ1) is 14.4. The molecule has 0 fully saturated rings. The van der Waals surface area contributed by atoms with Gasteiger partial charge in [0.05, 0.1) is 23.1 Å². The molecule has 108 valence electrons. The summed E-state index contributed by atoms with van der Waals surface area (Å²) in [5, 5.41) is 17.4.